The van der Waals surface area contributed by atoms with Crippen LogP contribution in [0.1, 0.15) is 0 Å². The third kappa shape index (κ3) is 18.2. The number of halogens is 2. The molecule has 0 radical (unpaired) electrons. The molecule has 0 amide bonds. The maximum atomic E-state index is 9.10. The first kappa shape index (κ1) is 23.0. The van der Waals surface area contributed by atoms with Crippen molar-refractivity contribution in [2.24, 2.45) is 0 Å². The van der Waals surface area contributed by atoms with E-state index in [0.29, 0.717) is 0 Å². The highest BCUT2D eigenvalue weighted by Gasteiger charge is 2.04. The lowest BCUT2D eigenvalue weighted by molar-refractivity contribution is -0.159. The predicted molar refractivity (Wildman–Crippen MR) is 78.2 cm³/mol. The van der Waals surface area contributed by atoms with E-state index in [-0.39, 0.29) is 24.8 Å². The molecule has 2 aromatic heterocycles. The Morgan fingerprint density at radius 2 is 0.850 bits per heavy atom. The quantitative estimate of drug-likeness (QED) is 0.721. The van der Waals surface area contributed by atoms with Gasteiger partial charge in [-0.1, -0.05) is 12.1 Å². The molecule has 2 aromatic rings. The Labute approximate surface area is 128 Å². The number of aliphatic carboxylic acids is 2. The fourth-order valence-corrected chi connectivity index (χ4v) is 0.625. The summed E-state index contributed by atoms with van der Waals surface area (Å²) < 4.78 is 0. The summed E-state index contributed by atoms with van der Waals surface area (Å²) >= 11 is 0. The highest BCUT2D eigenvalue weighted by Crippen LogP contribution is 1.74. The molecule has 20 heavy (non-hydrogen) atoms. The smallest absolute Gasteiger partial charge is 0.414 e. The van der Waals surface area contributed by atoms with Crippen molar-refractivity contribution >= 4 is 36.8 Å². The maximum absolute atomic E-state index is 9.10. The van der Waals surface area contributed by atoms with Crippen molar-refractivity contribution in [3.8, 4) is 0 Å². The first-order chi connectivity index (χ1) is 8.64. The predicted octanol–water partition coefficient (Wildman–Crippen LogP) is 2.16. The second-order valence-electron chi connectivity index (χ2n) is 2.66. The summed E-state index contributed by atoms with van der Waals surface area (Å²) in [6.45, 7) is 0. The zero-order valence-corrected chi connectivity index (χ0v) is 11.8. The molecule has 8 heteroatoms. The van der Waals surface area contributed by atoms with Crippen molar-refractivity contribution in [3.05, 3.63) is 61.2 Å². The zero-order chi connectivity index (χ0) is 13.6. The van der Waals surface area contributed by atoms with Crippen LogP contribution >= 0.6 is 24.8 Å². The molecule has 2 rings (SSSR count). The molecule has 0 aliphatic heterocycles. The molecular weight excluding hydrogens is 307 g/mol. The van der Waals surface area contributed by atoms with Crippen LogP contribution in [0.25, 0.3) is 0 Å². The molecule has 0 aliphatic carbocycles. The van der Waals surface area contributed by atoms with Crippen LogP contribution in [-0.4, -0.2) is 32.1 Å². The fourth-order valence-electron chi connectivity index (χ4n) is 0.625. The number of carboxylic acid groups (broad SMARTS) is 2. The highest BCUT2D eigenvalue weighted by atomic mass is 35.5. The van der Waals surface area contributed by atoms with E-state index in [9.17, 15) is 0 Å². The minimum Gasteiger partial charge on any atom is -0.473 e. The lowest BCUT2D eigenvalue weighted by Crippen LogP contribution is -2.09. The van der Waals surface area contributed by atoms with Gasteiger partial charge >= 0.3 is 11.9 Å². The van der Waals surface area contributed by atoms with Crippen LogP contribution in [0.4, 0.5) is 0 Å². The van der Waals surface area contributed by atoms with E-state index in [1.807, 2.05) is 36.4 Å². The first-order valence-electron chi connectivity index (χ1n) is 4.80. The maximum Gasteiger partial charge on any atom is 0.414 e. The van der Waals surface area contributed by atoms with Crippen LogP contribution in [0.3, 0.4) is 0 Å². The number of nitrogens with zero attached hydrogens (tertiary/aromatic N) is 2. The second kappa shape index (κ2) is 16.8. The average molecular weight is 321 g/mol. The van der Waals surface area contributed by atoms with E-state index < -0.39 is 11.9 Å². The minimum atomic E-state index is -1.82. The van der Waals surface area contributed by atoms with Gasteiger partial charge in [0.15, 0.2) is 0 Å². The second-order valence-corrected chi connectivity index (χ2v) is 2.66. The van der Waals surface area contributed by atoms with Gasteiger partial charge in [0.2, 0.25) is 0 Å². The van der Waals surface area contributed by atoms with Crippen molar-refractivity contribution < 1.29 is 19.8 Å². The summed E-state index contributed by atoms with van der Waals surface area (Å²) in [5.41, 5.74) is 0. The van der Waals surface area contributed by atoms with Gasteiger partial charge in [-0.05, 0) is 24.3 Å². The normalized spacial score (nSPS) is 7.00. The molecule has 6 nitrogen and oxygen atoms in total. The third-order valence-electron chi connectivity index (χ3n) is 1.32. The summed E-state index contributed by atoms with van der Waals surface area (Å²) in [5.74, 6) is -3.65. The van der Waals surface area contributed by atoms with Crippen LogP contribution in [-0.2, 0) is 9.59 Å². The highest BCUT2D eigenvalue weighted by molar-refractivity contribution is 6.27. The van der Waals surface area contributed by atoms with E-state index in [4.69, 9.17) is 19.8 Å². The number of aromatic nitrogens is 2. The number of carbonyl (C=O) groups is 2. The molecule has 0 fully saturated rings. The van der Waals surface area contributed by atoms with Gasteiger partial charge in [0.05, 0.1) is 0 Å². The number of pyridine rings is 2. The summed E-state index contributed by atoms with van der Waals surface area (Å²) in [7, 11) is 0. The van der Waals surface area contributed by atoms with Crippen LogP contribution in [0.2, 0.25) is 0 Å². The van der Waals surface area contributed by atoms with Crippen LogP contribution in [0.5, 0.6) is 0 Å². The Balaban J connectivity index is -0.000000206. The lowest BCUT2D eigenvalue weighted by Gasteiger charge is -1.72. The molecule has 0 aliphatic rings. The number of hydrogen-bond donors (Lipinski definition) is 2. The number of hydrogen-bond acceptors (Lipinski definition) is 4. The van der Waals surface area contributed by atoms with Crippen molar-refractivity contribution in [2.45, 2.75) is 0 Å². The van der Waals surface area contributed by atoms with Crippen molar-refractivity contribution in [1.29, 1.82) is 0 Å². The Kier molecular flexibility index (Phi) is 19.3. The van der Waals surface area contributed by atoms with Gasteiger partial charge in [0.1, 0.15) is 0 Å². The fraction of sp³-hybridized carbons (Fsp3) is 0. The molecular formula is C12H14Cl2N2O4. The monoisotopic (exact) mass is 320 g/mol. The SMILES string of the molecule is Cl.Cl.O=C(O)C(=O)O.c1ccncc1.c1ccncc1. The molecule has 0 bridgehead atoms. The van der Waals surface area contributed by atoms with E-state index >= 15 is 0 Å². The van der Waals surface area contributed by atoms with Gasteiger partial charge in [-0.3, -0.25) is 9.97 Å². The first-order valence-corrected chi connectivity index (χ1v) is 4.80. The van der Waals surface area contributed by atoms with Crippen molar-refractivity contribution in [1.82, 2.24) is 9.97 Å². The third-order valence-corrected chi connectivity index (χ3v) is 1.32. The largest absolute Gasteiger partial charge is 0.473 e. The van der Waals surface area contributed by atoms with E-state index in [0.717, 1.165) is 0 Å². The molecule has 110 valence electrons. The average Bonchev–Trinajstić information content (AvgIpc) is 2.44. The van der Waals surface area contributed by atoms with Crippen LogP contribution in [0.15, 0.2) is 61.2 Å². The molecule has 0 atom stereocenters. The van der Waals surface area contributed by atoms with E-state index in [1.165, 1.54) is 0 Å². The van der Waals surface area contributed by atoms with Gasteiger partial charge in [-0.25, -0.2) is 9.59 Å². The van der Waals surface area contributed by atoms with Gasteiger partial charge in [-0.15, -0.1) is 24.8 Å². The summed E-state index contributed by atoms with van der Waals surface area (Å²) in [5, 5.41) is 14.8. The molecule has 0 spiro atoms. The summed E-state index contributed by atoms with van der Waals surface area (Å²) in [6, 6.07) is 11.4. The van der Waals surface area contributed by atoms with Gasteiger partial charge in [0, 0.05) is 24.8 Å². The topological polar surface area (TPSA) is 100 Å². The Morgan fingerprint density at radius 1 is 0.600 bits per heavy atom. The number of rotatable bonds is 0. The summed E-state index contributed by atoms with van der Waals surface area (Å²) in [4.78, 5) is 25.8. The van der Waals surface area contributed by atoms with Crippen molar-refractivity contribution in [3.63, 3.8) is 0 Å². The zero-order valence-electron chi connectivity index (χ0n) is 10.2. The van der Waals surface area contributed by atoms with Crippen molar-refractivity contribution in [2.75, 3.05) is 0 Å². The van der Waals surface area contributed by atoms with Gasteiger partial charge in [-0.2, -0.15) is 0 Å². The lowest BCUT2D eigenvalue weighted by atomic mass is 10.5. The van der Waals surface area contributed by atoms with Gasteiger partial charge in [0.25, 0.3) is 0 Å². The van der Waals surface area contributed by atoms with Crippen LogP contribution in [0, 0.1) is 0 Å². The van der Waals surface area contributed by atoms with Crippen LogP contribution < -0.4 is 0 Å². The Morgan fingerprint density at radius 3 is 0.900 bits per heavy atom. The number of carboxylic acids is 2. The Hall–Kier alpha value is -2.18. The standard InChI is InChI=1S/2C5H5N.C2H2O4.2ClH/c2*1-2-4-6-5-3-1;3-1(4)2(5)6;;/h2*1-5H;(H,3,4)(H,5,6);2*1H. The molecule has 2 N–H and O–H groups in total. The molecule has 0 saturated heterocycles. The van der Waals surface area contributed by atoms with E-state index in [1.54, 1.807) is 24.8 Å². The molecule has 0 saturated carbocycles. The molecule has 0 unspecified atom stereocenters. The van der Waals surface area contributed by atoms with Gasteiger partial charge < -0.3 is 10.2 Å². The summed E-state index contributed by atoms with van der Waals surface area (Å²) in [6.07, 6.45) is 7.00. The molecule has 0 aromatic carbocycles. The minimum absolute atomic E-state index is 0. The molecule has 2 heterocycles. The Bertz CT molecular complexity index is 347. The van der Waals surface area contributed by atoms with E-state index in [2.05, 4.69) is 9.97 Å².